The molecule has 0 bridgehead atoms. The molecule has 0 saturated heterocycles. The summed E-state index contributed by atoms with van der Waals surface area (Å²) >= 11 is 3.89. The van der Waals surface area contributed by atoms with Crippen LogP contribution in [-0.4, -0.2) is 188 Å². The molecule has 0 aliphatic carbocycles. The van der Waals surface area contributed by atoms with E-state index in [0.717, 1.165) is 0 Å². The van der Waals surface area contributed by atoms with Crippen LogP contribution in [0.1, 0.15) is 6.42 Å². The first-order valence-corrected chi connectivity index (χ1v) is 16.2. The molecule has 0 rings (SSSR count). The molecule has 46 heavy (non-hydrogen) atoms. The van der Waals surface area contributed by atoms with E-state index in [0.29, 0.717) is 145 Å². The molecule has 0 spiro atoms. The van der Waals surface area contributed by atoms with Crippen LogP contribution in [0.25, 0.3) is 0 Å². The molecule has 0 radical (unpaired) electrons. The molecular formula is C29H57NO15S. The zero-order valence-electron chi connectivity index (χ0n) is 27.4. The van der Waals surface area contributed by atoms with E-state index in [9.17, 15) is 9.59 Å². The Morgan fingerprint density at radius 3 is 0.935 bits per heavy atom. The van der Waals surface area contributed by atoms with Crippen LogP contribution in [0, 0.1) is 0 Å². The van der Waals surface area contributed by atoms with Crippen molar-refractivity contribution in [2.75, 3.05) is 165 Å². The van der Waals surface area contributed by atoms with Crippen molar-refractivity contribution in [2.45, 2.75) is 12.5 Å². The van der Waals surface area contributed by atoms with Crippen LogP contribution in [0.2, 0.25) is 0 Å². The normalized spacial score (nSPS) is 12.0. The van der Waals surface area contributed by atoms with Gasteiger partial charge in [0.25, 0.3) is 0 Å². The molecule has 0 unspecified atom stereocenters. The lowest BCUT2D eigenvalue weighted by atomic mass is 10.3. The molecule has 0 aliphatic rings. The minimum atomic E-state index is -1.12. The van der Waals surface area contributed by atoms with Gasteiger partial charge in [-0.2, -0.15) is 12.6 Å². The molecule has 274 valence electrons. The molecular weight excluding hydrogens is 634 g/mol. The summed E-state index contributed by atoms with van der Waals surface area (Å²) in [7, 11) is 1.64. The van der Waals surface area contributed by atoms with E-state index < -0.39 is 17.9 Å². The summed E-state index contributed by atoms with van der Waals surface area (Å²) in [5.74, 6) is -1.50. The molecule has 1 amide bonds. The number of carboxylic acid groups (broad SMARTS) is 1. The number of ether oxygens (including phenoxy) is 12. The summed E-state index contributed by atoms with van der Waals surface area (Å²) < 4.78 is 64.3. The second kappa shape index (κ2) is 38.3. The number of nitrogens with one attached hydrogen (secondary N) is 1. The maximum absolute atomic E-state index is 11.6. The van der Waals surface area contributed by atoms with Crippen LogP contribution in [0.15, 0.2) is 0 Å². The third-order valence-corrected chi connectivity index (χ3v) is 5.81. The van der Waals surface area contributed by atoms with E-state index in [-0.39, 0.29) is 18.8 Å². The summed E-state index contributed by atoms with van der Waals surface area (Å²) in [5, 5.41) is 11.2. The summed E-state index contributed by atoms with van der Waals surface area (Å²) in [4.78, 5) is 22.5. The summed E-state index contributed by atoms with van der Waals surface area (Å²) in [5.41, 5.74) is 0. The quantitative estimate of drug-likeness (QED) is 0.0566. The summed E-state index contributed by atoms with van der Waals surface area (Å²) in [6.07, 6.45) is 0.0661. The second-order valence-electron chi connectivity index (χ2n) is 9.12. The molecule has 0 heterocycles. The topological polar surface area (TPSA) is 177 Å². The lowest BCUT2D eigenvalue weighted by Crippen LogP contribution is -2.42. The highest BCUT2D eigenvalue weighted by molar-refractivity contribution is 7.80. The van der Waals surface area contributed by atoms with E-state index >= 15 is 0 Å². The van der Waals surface area contributed by atoms with Crippen molar-refractivity contribution in [1.29, 1.82) is 0 Å². The molecule has 16 nitrogen and oxygen atoms in total. The maximum atomic E-state index is 11.6. The number of carbonyl (C=O) groups is 2. The fourth-order valence-electron chi connectivity index (χ4n) is 3.06. The molecule has 0 aromatic carbocycles. The molecule has 0 aromatic heterocycles. The van der Waals surface area contributed by atoms with Crippen LogP contribution < -0.4 is 5.32 Å². The van der Waals surface area contributed by atoms with Crippen molar-refractivity contribution in [1.82, 2.24) is 5.32 Å². The second-order valence-corrected chi connectivity index (χ2v) is 9.48. The first-order valence-electron chi connectivity index (χ1n) is 15.6. The highest BCUT2D eigenvalue weighted by Gasteiger charge is 2.17. The van der Waals surface area contributed by atoms with Gasteiger partial charge in [0, 0.05) is 19.3 Å². The number of hydrogen-bond acceptors (Lipinski definition) is 15. The van der Waals surface area contributed by atoms with Gasteiger partial charge in [-0.05, 0) is 0 Å². The number of aliphatic carboxylic acids is 1. The molecule has 0 saturated carbocycles. The van der Waals surface area contributed by atoms with E-state index in [1.807, 2.05) is 0 Å². The van der Waals surface area contributed by atoms with Crippen LogP contribution >= 0.6 is 12.6 Å². The molecule has 1 atom stereocenters. The van der Waals surface area contributed by atoms with Crippen LogP contribution in [0.3, 0.4) is 0 Å². The lowest BCUT2D eigenvalue weighted by Gasteiger charge is -2.11. The number of hydrogen-bond donors (Lipinski definition) is 3. The Labute approximate surface area is 278 Å². The van der Waals surface area contributed by atoms with Crippen molar-refractivity contribution in [3.05, 3.63) is 0 Å². The van der Waals surface area contributed by atoms with E-state index in [1.54, 1.807) is 7.11 Å². The average Bonchev–Trinajstić information content (AvgIpc) is 3.05. The number of amides is 1. The first kappa shape index (κ1) is 44.8. The van der Waals surface area contributed by atoms with Gasteiger partial charge in [0.15, 0.2) is 0 Å². The van der Waals surface area contributed by atoms with E-state index in [1.165, 1.54) is 0 Å². The molecule has 0 aliphatic heterocycles. The third-order valence-electron chi connectivity index (χ3n) is 5.44. The van der Waals surface area contributed by atoms with Crippen molar-refractivity contribution in [2.24, 2.45) is 0 Å². The molecule has 17 heteroatoms. The monoisotopic (exact) mass is 691 g/mol. The highest BCUT2D eigenvalue weighted by atomic mass is 32.1. The zero-order chi connectivity index (χ0) is 33.6. The third kappa shape index (κ3) is 35.7. The van der Waals surface area contributed by atoms with E-state index in [4.69, 9.17) is 61.9 Å². The van der Waals surface area contributed by atoms with Crippen molar-refractivity contribution in [3.63, 3.8) is 0 Å². The fourth-order valence-corrected chi connectivity index (χ4v) is 3.31. The Morgan fingerprint density at radius 2 is 0.717 bits per heavy atom. The van der Waals surface area contributed by atoms with Gasteiger partial charge in [0.05, 0.1) is 152 Å². The van der Waals surface area contributed by atoms with Gasteiger partial charge in [-0.1, -0.05) is 0 Å². The number of carbonyl (C=O) groups excluding carboxylic acids is 1. The highest BCUT2D eigenvalue weighted by Crippen LogP contribution is 1.92. The summed E-state index contributed by atoms with van der Waals surface area (Å²) in [6.45, 7) is 10.8. The maximum Gasteiger partial charge on any atom is 0.327 e. The van der Waals surface area contributed by atoms with Crippen LogP contribution in [0.4, 0.5) is 0 Å². The SMILES string of the molecule is COCCOCCOCCOCCOCCOCCOCCOCCOCCOCCOCCOCCC(=O)N[C@@H](CS)C(=O)O. The fraction of sp³-hybridized carbons (Fsp3) is 0.931. The molecule has 0 aromatic rings. The Morgan fingerprint density at radius 1 is 0.478 bits per heavy atom. The first-order chi connectivity index (χ1) is 22.6. The van der Waals surface area contributed by atoms with Gasteiger partial charge in [-0.15, -0.1) is 0 Å². The van der Waals surface area contributed by atoms with Gasteiger partial charge in [-0.25, -0.2) is 4.79 Å². The predicted octanol–water partition coefficient (Wildman–Crippen LogP) is -0.295. The Balaban J connectivity index is 3.13. The summed E-state index contributed by atoms with van der Waals surface area (Å²) in [6, 6.07) is -1.00. The van der Waals surface area contributed by atoms with Crippen molar-refractivity contribution >= 4 is 24.5 Å². The number of rotatable bonds is 39. The molecule has 2 N–H and O–H groups in total. The number of thiol groups is 1. The number of carboxylic acids is 1. The number of methoxy groups -OCH3 is 1. The van der Waals surface area contributed by atoms with Crippen molar-refractivity contribution in [3.8, 4) is 0 Å². The molecule has 0 fully saturated rings. The van der Waals surface area contributed by atoms with E-state index in [2.05, 4.69) is 17.9 Å². The standard InChI is InChI=1S/C29H57NO15S/c1-34-4-5-36-8-9-38-12-13-40-16-17-42-20-21-44-24-25-45-23-22-43-19-18-41-15-14-39-11-10-37-7-6-35-3-2-28(31)30-27(26-46)29(32)33/h27,46H,2-26H2,1H3,(H,30,31)(H,32,33)/t27-/m0/s1. The van der Waals surface area contributed by atoms with Crippen LogP contribution in [-0.2, 0) is 66.4 Å². The smallest absolute Gasteiger partial charge is 0.327 e. The average molecular weight is 692 g/mol. The minimum Gasteiger partial charge on any atom is -0.480 e. The lowest BCUT2D eigenvalue weighted by molar-refractivity contribution is -0.141. The largest absolute Gasteiger partial charge is 0.480 e. The van der Waals surface area contributed by atoms with Gasteiger partial charge in [0.2, 0.25) is 5.91 Å². The van der Waals surface area contributed by atoms with Crippen molar-refractivity contribution < 1.29 is 71.5 Å². The zero-order valence-corrected chi connectivity index (χ0v) is 28.3. The van der Waals surface area contributed by atoms with Gasteiger partial charge in [0.1, 0.15) is 6.04 Å². The minimum absolute atomic E-state index is 0.0234. The Kier molecular flexibility index (Phi) is 37.3. The van der Waals surface area contributed by atoms with Crippen LogP contribution in [0.5, 0.6) is 0 Å². The van der Waals surface area contributed by atoms with Gasteiger partial charge < -0.3 is 67.3 Å². The Hall–Kier alpha value is -1.19. The van der Waals surface area contributed by atoms with Gasteiger partial charge in [-0.3, -0.25) is 4.79 Å². The predicted molar refractivity (Wildman–Crippen MR) is 169 cm³/mol. The van der Waals surface area contributed by atoms with Gasteiger partial charge >= 0.3 is 5.97 Å². The Bertz CT molecular complexity index is 654.